The van der Waals surface area contributed by atoms with Crippen molar-refractivity contribution in [3.63, 3.8) is 0 Å². The monoisotopic (exact) mass is 312 g/mol. The van der Waals surface area contributed by atoms with E-state index in [2.05, 4.69) is 13.8 Å². The van der Waals surface area contributed by atoms with Crippen LogP contribution in [0.4, 0.5) is 0 Å². The van der Waals surface area contributed by atoms with E-state index in [4.69, 9.17) is 9.47 Å². The fraction of sp³-hybridized carbons (Fsp3) is 0.947. The van der Waals surface area contributed by atoms with Crippen LogP contribution in [0.25, 0.3) is 0 Å². The lowest BCUT2D eigenvalue weighted by molar-refractivity contribution is -0.149. The molecule has 2 atom stereocenters. The molecule has 0 amide bonds. The molecule has 3 nitrogen and oxygen atoms in total. The number of esters is 1. The predicted octanol–water partition coefficient (Wildman–Crippen LogP) is 5.41. The van der Waals surface area contributed by atoms with E-state index >= 15 is 0 Å². The Balaban J connectivity index is 2.11. The van der Waals surface area contributed by atoms with Gasteiger partial charge in [-0.05, 0) is 44.9 Å². The second kappa shape index (κ2) is 12.9. The molecule has 0 aromatic carbocycles. The summed E-state index contributed by atoms with van der Waals surface area (Å²) in [6.45, 7) is 5.27. The van der Waals surface area contributed by atoms with Gasteiger partial charge in [-0.3, -0.25) is 4.79 Å². The summed E-state index contributed by atoms with van der Waals surface area (Å²) in [5.41, 5.74) is 0. The van der Waals surface area contributed by atoms with E-state index in [0.717, 1.165) is 58.0 Å². The van der Waals surface area contributed by atoms with Gasteiger partial charge in [0.05, 0.1) is 6.10 Å². The van der Waals surface area contributed by atoms with E-state index in [1.54, 1.807) is 0 Å². The maximum atomic E-state index is 11.9. The Morgan fingerprint density at radius 3 is 2.32 bits per heavy atom. The fourth-order valence-electron chi connectivity index (χ4n) is 3.03. The van der Waals surface area contributed by atoms with Crippen molar-refractivity contribution < 1.29 is 14.3 Å². The minimum Gasteiger partial charge on any atom is -0.462 e. The standard InChI is InChI=1S/C19H36O3/c1-3-5-7-8-9-13-19(20)22-18-12-10-11-17(14-15-18)21-16-6-4-2/h17-18H,3-16H2,1-2H3. The molecular weight excluding hydrogens is 276 g/mol. The van der Waals surface area contributed by atoms with Gasteiger partial charge in [-0.25, -0.2) is 0 Å². The van der Waals surface area contributed by atoms with Gasteiger partial charge in [0.1, 0.15) is 6.10 Å². The molecule has 1 aliphatic carbocycles. The van der Waals surface area contributed by atoms with Crippen LogP contribution in [0.3, 0.4) is 0 Å². The molecule has 0 aromatic rings. The molecule has 130 valence electrons. The summed E-state index contributed by atoms with van der Waals surface area (Å²) in [5.74, 6) is 0.00634. The number of hydrogen-bond acceptors (Lipinski definition) is 3. The summed E-state index contributed by atoms with van der Waals surface area (Å²) >= 11 is 0. The smallest absolute Gasteiger partial charge is 0.306 e. The highest BCUT2D eigenvalue weighted by Gasteiger charge is 2.21. The molecule has 0 bridgehead atoms. The van der Waals surface area contributed by atoms with E-state index in [1.807, 2.05) is 0 Å². The van der Waals surface area contributed by atoms with Crippen LogP contribution in [0, 0.1) is 0 Å². The summed E-state index contributed by atoms with van der Waals surface area (Å²) in [7, 11) is 0. The van der Waals surface area contributed by atoms with Crippen molar-refractivity contribution in [2.24, 2.45) is 0 Å². The minimum atomic E-state index is 0.00634. The molecule has 3 heteroatoms. The summed E-state index contributed by atoms with van der Waals surface area (Å²) in [6.07, 6.45) is 14.6. The van der Waals surface area contributed by atoms with Crippen molar-refractivity contribution in [1.82, 2.24) is 0 Å². The molecule has 2 unspecified atom stereocenters. The Kier molecular flexibility index (Phi) is 11.4. The highest BCUT2D eigenvalue weighted by Crippen LogP contribution is 2.23. The topological polar surface area (TPSA) is 35.5 Å². The maximum Gasteiger partial charge on any atom is 0.306 e. The Labute approximate surface area is 137 Å². The fourth-order valence-corrected chi connectivity index (χ4v) is 3.03. The number of rotatable bonds is 11. The summed E-state index contributed by atoms with van der Waals surface area (Å²) in [5, 5.41) is 0. The van der Waals surface area contributed by atoms with Crippen LogP contribution in [0.15, 0.2) is 0 Å². The molecule has 0 aromatic heterocycles. The zero-order chi connectivity index (χ0) is 16.0. The first-order valence-electron chi connectivity index (χ1n) is 9.57. The maximum absolute atomic E-state index is 11.9. The number of unbranched alkanes of at least 4 members (excludes halogenated alkanes) is 5. The third-order valence-corrected chi connectivity index (χ3v) is 4.50. The number of hydrogen-bond donors (Lipinski definition) is 0. The zero-order valence-electron chi connectivity index (χ0n) is 14.8. The average Bonchev–Trinajstić information content (AvgIpc) is 2.73. The van der Waals surface area contributed by atoms with Crippen molar-refractivity contribution in [2.75, 3.05) is 6.61 Å². The third-order valence-electron chi connectivity index (χ3n) is 4.50. The molecule has 0 spiro atoms. The molecule has 1 fully saturated rings. The molecule has 0 N–H and O–H groups in total. The molecule has 1 rings (SSSR count). The number of carbonyl (C=O) groups excluding carboxylic acids is 1. The lowest BCUT2D eigenvalue weighted by Crippen LogP contribution is -2.18. The normalized spacial score (nSPS) is 22.3. The lowest BCUT2D eigenvalue weighted by Gasteiger charge is -2.17. The Bertz CT molecular complexity index is 278. The van der Waals surface area contributed by atoms with Gasteiger partial charge < -0.3 is 9.47 Å². The van der Waals surface area contributed by atoms with E-state index < -0.39 is 0 Å². The minimum absolute atomic E-state index is 0.00634. The Morgan fingerprint density at radius 1 is 0.864 bits per heavy atom. The third kappa shape index (κ3) is 9.45. The van der Waals surface area contributed by atoms with Gasteiger partial charge in [0.15, 0.2) is 0 Å². The van der Waals surface area contributed by atoms with Gasteiger partial charge in [-0.1, -0.05) is 46.0 Å². The second-order valence-corrected chi connectivity index (χ2v) is 6.63. The Hall–Kier alpha value is -0.570. The number of ether oxygens (including phenoxy) is 2. The number of carbonyl (C=O) groups is 1. The summed E-state index contributed by atoms with van der Waals surface area (Å²) in [6, 6.07) is 0. The highest BCUT2D eigenvalue weighted by molar-refractivity contribution is 5.69. The first-order chi connectivity index (χ1) is 10.8. The van der Waals surface area contributed by atoms with Crippen molar-refractivity contribution in [1.29, 1.82) is 0 Å². The first kappa shape index (κ1) is 19.5. The lowest BCUT2D eigenvalue weighted by atomic mass is 10.1. The van der Waals surface area contributed by atoms with Crippen LogP contribution in [0.5, 0.6) is 0 Å². The van der Waals surface area contributed by atoms with Gasteiger partial charge in [0.25, 0.3) is 0 Å². The van der Waals surface area contributed by atoms with Gasteiger partial charge in [-0.2, -0.15) is 0 Å². The van der Waals surface area contributed by atoms with E-state index in [-0.39, 0.29) is 12.1 Å². The molecular formula is C19H36O3. The van der Waals surface area contributed by atoms with Crippen LogP contribution in [0.1, 0.15) is 97.3 Å². The quantitative estimate of drug-likeness (QED) is 0.291. The van der Waals surface area contributed by atoms with Crippen LogP contribution in [-0.2, 0) is 14.3 Å². The van der Waals surface area contributed by atoms with E-state index in [0.29, 0.717) is 12.5 Å². The molecule has 1 aliphatic rings. The molecule has 0 saturated heterocycles. The van der Waals surface area contributed by atoms with Crippen LogP contribution in [0.2, 0.25) is 0 Å². The average molecular weight is 312 g/mol. The van der Waals surface area contributed by atoms with E-state index in [9.17, 15) is 4.79 Å². The van der Waals surface area contributed by atoms with Crippen LogP contribution < -0.4 is 0 Å². The molecule has 1 saturated carbocycles. The molecule has 22 heavy (non-hydrogen) atoms. The largest absolute Gasteiger partial charge is 0.462 e. The van der Waals surface area contributed by atoms with Gasteiger partial charge in [0, 0.05) is 13.0 Å². The molecule has 0 radical (unpaired) electrons. The van der Waals surface area contributed by atoms with Gasteiger partial charge in [-0.15, -0.1) is 0 Å². The van der Waals surface area contributed by atoms with Crippen molar-refractivity contribution in [2.45, 2.75) is 110 Å². The summed E-state index contributed by atoms with van der Waals surface area (Å²) in [4.78, 5) is 11.9. The molecule has 0 heterocycles. The zero-order valence-corrected chi connectivity index (χ0v) is 14.8. The van der Waals surface area contributed by atoms with Crippen molar-refractivity contribution >= 4 is 5.97 Å². The van der Waals surface area contributed by atoms with Gasteiger partial charge in [0.2, 0.25) is 0 Å². The van der Waals surface area contributed by atoms with Gasteiger partial charge >= 0.3 is 5.97 Å². The molecule has 0 aliphatic heterocycles. The SMILES string of the molecule is CCCCCCCC(=O)OC1CCCC(OCCCC)CC1. The Morgan fingerprint density at radius 2 is 1.55 bits per heavy atom. The summed E-state index contributed by atoms with van der Waals surface area (Å²) < 4.78 is 11.6. The predicted molar refractivity (Wildman–Crippen MR) is 91.0 cm³/mol. The second-order valence-electron chi connectivity index (χ2n) is 6.63. The van der Waals surface area contributed by atoms with E-state index in [1.165, 1.54) is 25.7 Å². The van der Waals surface area contributed by atoms with Crippen molar-refractivity contribution in [3.05, 3.63) is 0 Å². The van der Waals surface area contributed by atoms with Crippen LogP contribution >= 0.6 is 0 Å². The first-order valence-corrected chi connectivity index (χ1v) is 9.57. The van der Waals surface area contributed by atoms with Crippen molar-refractivity contribution in [3.8, 4) is 0 Å². The van der Waals surface area contributed by atoms with Crippen LogP contribution in [-0.4, -0.2) is 24.8 Å². The highest BCUT2D eigenvalue weighted by atomic mass is 16.5.